The maximum absolute atomic E-state index is 13.0. The maximum atomic E-state index is 13.0. The Kier molecular flexibility index (Phi) is 4.72. The SMILES string of the molecule is Cc1[nH]c2ccccc2c1[C@@H](c1ccc(C(F)(F)F)cc1)N1CCCCC1. The molecule has 1 N–H and O–H groups in total. The summed E-state index contributed by atoms with van der Waals surface area (Å²) in [4.78, 5) is 5.86. The van der Waals surface area contributed by atoms with E-state index in [1.54, 1.807) is 12.1 Å². The highest BCUT2D eigenvalue weighted by molar-refractivity contribution is 5.85. The molecule has 1 atom stereocenters. The van der Waals surface area contributed by atoms with Gasteiger partial charge in [0.25, 0.3) is 0 Å². The largest absolute Gasteiger partial charge is 0.416 e. The molecule has 1 saturated heterocycles. The van der Waals surface area contributed by atoms with Gasteiger partial charge in [0.15, 0.2) is 0 Å². The van der Waals surface area contributed by atoms with Crippen LogP contribution in [-0.4, -0.2) is 23.0 Å². The molecular weight excluding hydrogens is 349 g/mol. The minimum Gasteiger partial charge on any atom is -0.358 e. The highest BCUT2D eigenvalue weighted by Crippen LogP contribution is 2.38. The first kappa shape index (κ1) is 18.1. The molecule has 4 rings (SSSR count). The number of hydrogen-bond donors (Lipinski definition) is 1. The molecule has 2 heterocycles. The Bertz CT molecular complexity index is 919. The number of alkyl halides is 3. The number of aryl methyl sites for hydroxylation is 1. The van der Waals surface area contributed by atoms with Crippen LogP contribution in [0.3, 0.4) is 0 Å². The van der Waals surface area contributed by atoms with E-state index in [4.69, 9.17) is 0 Å². The molecule has 2 nitrogen and oxygen atoms in total. The number of hydrogen-bond acceptors (Lipinski definition) is 1. The predicted octanol–water partition coefficient (Wildman–Crippen LogP) is 6.07. The van der Waals surface area contributed by atoms with Crippen LogP contribution < -0.4 is 0 Å². The van der Waals surface area contributed by atoms with Crippen LogP contribution in [-0.2, 0) is 6.18 Å². The van der Waals surface area contributed by atoms with E-state index in [0.717, 1.165) is 48.1 Å². The van der Waals surface area contributed by atoms with E-state index >= 15 is 0 Å². The summed E-state index contributed by atoms with van der Waals surface area (Å²) in [7, 11) is 0. The summed E-state index contributed by atoms with van der Waals surface area (Å²) in [6.45, 7) is 3.98. The average Bonchev–Trinajstić information content (AvgIpc) is 2.99. The fourth-order valence-corrected chi connectivity index (χ4v) is 4.24. The Morgan fingerprint density at radius 3 is 2.26 bits per heavy atom. The van der Waals surface area contributed by atoms with Crippen molar-refractivity contribution in [1.82, 2.24) is 9.88 Å². The molecule has 0 amide bonds. The molecule has 27 heavy (non-hydrogen) atoms. The zero-order valence-corrected chi connectivity index (χ0v) is 15.3. The number of piperidine rings is 1. The molecule has 0 bridgehead atoms. The lowest BCUT2D eigenvalue weighted by molar-refractivity contribution is -0.137. The topological polar surface area (TPSA) is 19.0 Å². The summed E-state index contributed by atoms with van der Waals surface area (Å²) in [5.74, 6) is 0. The molecule has 142 valence electrons. The lowest BCUT2D eigenvalue weighted by atomic mass is 9.92. The summed E-state index contributed by atoms with van der Waals surface area (Å²) in [5.41, 5.74) is 3.63. The van der Waals surface area contributed by atoms with Crippen molar-refractivity contribution in [3.8, 4) is 0 Å². The number of rotatable bonds is 3. The zero-order valence-electron chi connectivity index (χ0n) is 15.3. The van der Waals surface area contributed by atoms with Gasteiger partial charge in [0.05, 0.1) is 11.6 Å². The zero-order chi connectivity index (χ0) is 19.0. The number of nitrogens with zero attached hydrogens (tertiary/aromatic N) is 1. The number of para-hydroxylation sites is 1. The molecule has 0 aliphatic carbocycles. The van der Waals surface area contributed by atoms with E-state index in [1.165, 1.54) is 24.1 Å². The number of fused-ring (bicyclic) bond motifs is 1. The minimum absolute atomic E-state index is 0.0382. The van der Waals surface area contributed by atoms with Gasteiger partial charge in [-0.15, -0.1) is 0 Å². The van der Waals surface area contributed by atoms with E-state index in [2.05, 4.69) is 22.9 Å². The van der Waals surface area contributed by atoms with Crippen LogP contribution in [0.2, 0.25) is 0 Å². The summed E-state index contributed by atoms with van der Waals surface area (Å²) in [5, 5.41) is 1.14. The van der Waals surface area contributed by atoms with Crippen molar-refractivity contribution in [1.29, 1.82) is 0 Å². The first-order valence-corrected chi connectivity index (χ1v) is 9.43. The van der Waals surface area contributed by atoms with Gasteiger partial charge in [-0.05, 0) is 56.6 Å². The van der Waals surface area contributed by atoms with Gasteiger partial charge in [0.2, 0.25) is 0 Å². The normalized spacial score (nSPS) is 17.3. The van der Waals surface area contributed by atoms with Crippen molar-refractivity contribution in [3.05, 3.63) is 70.9 Å². The molecule has 5 heteroatoms. The highest BCUT2D eigenvalue weighted by Gasteiger charge is 2.32. The fraction of sp³-hybridized carbons (Fsp3) is 0.364. The van der Waals surface area contributed by atoms with Gasteiger partial charge in [0.1, 0.15) is 0 Å². The van der Waals surface area contributed by atoms with Crippen molar-refractivity contribution >= 4 is 10.9 Å². The molecule has 2 aromatic carbocycles. The van der Waals surface area contributed by atoms with Crippen molar-refractivity contribution in [3.63, 3.8) is 0 Å². The monoisotopic (exact) mass is 372 g/mol. The molecular formula is C22H23F3N2. The number of likely N-dealkylation sites (tertiary alicyclic amines) is 1. The molecule has 0 saturated carbocycles. The third-order valence-corrected chi connectivity index (χ3v) is 5.53. The number of aromatic amines is 1. The smallest absolute Gasteiger partial charge is 0.358 e. The molecule has 0 radical (unpaired) electrons. The first-order valence-electron chi connectivity index (χ1n) is 9.43. The van der Waals surface area contributed by atoms with Crippen LogP contribution in [0.5, 0.6) is 0 Å². The number of halogens is 3. The van der Waals surface area contributed by atoms with Gasteiger partial charge >= 0.3 is 6.18 Å². The lowest BCUT2D eigenvalue weighted by Gasteiger charge is -2.35. The number of nitrogens with one attached hydrogen (secondary N) is 1. The second kappa shape index (κ2) is 7.04. The molecule has 0 spiro atoms. The van der Waals surface area contributed by atoms with Crippen LogP contribution in [0.15, 0.2) is 48.5 Å². The van der Waals surface area contributed by atoms with Crippen LogP contribution in [0.1, 0.15) is 47.7 Å². The fourth-order valence-electron chi connectivity index (χ4n) is 4.24. The predicted molar refractivity (Wildman–Crippen MR) is 102 cm³/mol. The molecule has 1 aliphatic rings. The molecule has 1 aliphatic heterocycles. The standard InChI is InChI=1S/C22H23F3N2/c1-15-20(18-7-3-4-8-19(18)26-15)21(27-13-5-2-6-14-27)16-9-11-17(12-10-16)22(23,24)25/h3-4,7-12,21,26H,2,5-6,13-14H2,1H3/t21-/m1/s1. The highest BCUT2D eigenvalue weighted by atomic mass is 19.4. The van der Waals surface area contributed by atoms with E-state index in [0.29, 0.717) is 0 Å². The lowest BCUT2D eigenvalue weighted by Crippen LogP contribution is -2.34. The first-order chi connectivity index (χ1) is 12.9. The van der Waals surface area contributed by atoms with Crippen molar-refractivity contribution < 1.29 is 13.2 Å². The summed E-state index contributed by atoms with van der Waals surface area (Å²) in [6, 6.07) is 13.8. The van der Waals surface area contributed by atoms with E-state index in [1.807, 2.05) is 18.2 Å². The Balaban J connectivity index is 1.83. The van der Waals surface area contributed by atoms with E-state index < -0.39 is 11.7 Å². The van der Waals surface area contributed by atoms with Gasteiger partial charge in [-0.3, -0.25) is 4.90 Å². The molecule has 1 aromatic heterocycles. The van der Waals surface area contributed by atoms with Gasteiger partial charge in [-0.2, -0.15) is 13.2 Å². The number of aromatic nitrogens is 1. The number of H-pyrrole nitrogens is 1. The molecule has 0 unspecified atom stereocenters. The van der Waals surface area contributed by atoms with Crippen LogP contribution in [0.4, 0.5) is 13.2 Å². The second-order valence-corrected chi connectivity index (χ2v) is 7.33. The maximum Gasteiger partial charge on any atom is 0.416 e. The minimum atomic E-state index is -4.31. The quantitative estimate of drug-likeness (QED) is 0.591. The second-order valence-electron chi connectivity index (χ2n) is 7.33. The van der Waals surface area contributed by atoms with Crippen LogP contribution in [0.25, 0.3) is 10.9 Å². The van der Waals surface area contributed by atoms with Crippen LogP contribution in [0, 0.1) is 6.92 Å². The van der Waals surface area contributed by atoms with Gasteiger partial charge in [-0.25, -0.2) is 0 Å². The Morgan fingerprint density at radius 1 is 0.926 bits per heavy atom. The molecule has 3 aromatic rings. The Labute approximate surface area is 157 Å². The van der Waals surface area contributed by atoms with Gasteiger partial charge in [0, 0.05) is 22.2 Å². The van der Waals surface area contributed by atoms with Crippen LogP contribution >= 0.6 is 0 Å². The van der Waals surface area contributed by atoms with Gasteiger partial charge < -0.3 is 4.98 Å². The summed E-state index contributed by atoms with van der Waals surface area (Å²) >= 11 is 0. The van der Waals surface area contributed by atoms with Crippen molar-refractivity contribution in [2.45, 2.75) is 38.4 Å². The average molecular weight is 372 g/mol. The van der Waals surface area contributed by atoms with Crippen molar-refractivity contribution in [2.75, 3.05) is 13.1 Å². The summed E-state index contributed by atoms with van der Waals surface area (Å²) < 4.78 is 39.0. The third-order valence-electron chi connectivity index (χ3n) is 5.53. The van der Waals surface area contributed by atoms with Gasteiger partial charge in [-0.1, -0.05) is 36.8 Å². The van der Waals surface area contributed by atoms with E-state index in [-0.39, 0.29) is 6.04 Å². The Hall–Kier alpha value is -2.27. The summed E-state index contributed by atoms with van der Waals surface area (Å²) in [6.07, 6.45) is -0.851. The number of benzene rings is 2. The van der Waals surface area contributed by atoms with E-state index in [9.17, 15) is 13.2 Å². The van der Waals surface area contributed by atoms with Crippen molar-refractivity contribution in [2.24, 2.45) is 0 Å². The Morgan fingerprint density at radius 2 is 1.59 bits per heavy atom. The third kappa shape index (κ3) is 3.48. The molecule has 1 fully saturated rings.